The number of imidazole rings is 1. The molecule has 0 aliphatic carbocycles. The van der Waals surface area contributed by atoms with Crippen molar-refractivity contribution in [3.8, 4) is 0 Å². The summed E-state index contributed by atoms with van der Waals surface area (Å²) in [7, 11) is 0. The van der Waals surface area contributed by atoms with Crippen LogP contribution in [0, 0.1) is 0 Å². The molecule has 3 rings (SSSR count). The Bertz CT molecular complexity index is 862. The Kier molecular flexibility index (Phi) is 8.49. The summed E-state index contributed by atoms with van der Waals surface area (Å²) in [5, 5.41) is 6.10. The summed E-state index contributed by atoms with van der Waals surface area (Å²) < 4.78 is 29.4. The third-order valence-electron chi connectivity index (χ3n) is 4.93. The third kappa shape index (κ3) is 5.94. The van der Waals surface area contributed by atoms with Gasteiger partial charge in [-0.1, -0.05) is 12.8 Å². The monoisotopic (exact) mass is 439 g/mol. The Morgan fingerprint density at radius 2 is 2.03 bits per heavy atom. The minimum atomic E-state index is -1.93. The minimum absolute atomic E-state index is 0.0817. The molecule has 1 saturated heterocycles. The van der Waals surface area contributed by atoms with Gasteiger partial charge in [-0.25, -0.2) is 23.9 Å². The maximum absolute atomic E-state index is 12.0. The fourth-order valence-electron chi connectivity index (χ4n) is 3.47. The van der Waals surface area contributed by atoms with E-state index in [0.717, 1.165) is 38.6 Å². The fraction of sp³-hybridized carbons (Fsp3) is 0.667. The number of hydrogen-bond acceptors (Lipinski definition) is 7. The van der Waals surface area contributed by atoms with Crippen LogP contribution in [0.4, 0.5) is 5.82 Å². The summed E-state index contributed by atoms with van der Waals surface area (Å²) in [6.07, 6.45) is 7.65. The number of anilines is 1. The standard InChI is InChI=1S/C18H29N7O4S/c1-2-19-18(26)13-7-8-14(29-13)25-12-23-15-16(21-11-22-17(15)25)20-9-5-3-4-6-10-24-30(27)28/h11-14,24H,2-10H2,1H3,(H,19,26)(H,27,28)(H,20,21,22)/t13-,14+/m0/s1. The number of rotatable bonds is 12. The van der Waals surface area contributed by atoms with Crippen LogP contribution in [0.1, 0.15) is 51.7 Å². The molecule has 0 radical (unpaired) electrons. The van der Waals surface area contributed by atoms with E-state index in [0.29, 0.717) is 36.5 Å². The van der Waals surface area contributed by atoms with Gasteiger partial charge in [0.25, 0.3) is 0 Å². The molecule has 1 aliphatic heterocycles. The smallest absolute Gasteiger partial charge is 0.249 e. The van der Waals surface area contributed by atoms with Gasteiger partial charge in [-0.3, -0.25) is 13.9 Å². The zero-order chi connectivity index (χ0) is 21.3. The quantitative estimate of drug-likeness (QED) is 0.287. The zero-order valence-electron chi connectivity index (χ0n) is 17.0. The first-order chi connectivity index (χ1) is 14.6. The second-order valence-electron chi connectivity index (χ2n) is 7.08. The Morgan fingerprint density at radius 1 is 1.23 bits per heavy atom. The van der Waals surface area contributed by atoms with Crippen molar-refractivity contribution < 1.29 is 18.3 Å². The van der Waals surface area contributed by atoms with Crippen molar-refractivity contribution in [1.29, 1.82) is 0 Å². The molecule has 1 aliphatic rings. The number of unbranched alkanes of at least 4 members (excludes halogenated alkanes) is 3. The SMILES string of the molecule is CCNC(=O)[C@@H]1CC[C@H](n2cnc3c(NCCCCCCNS(=O)O)ncnc32)O1. The number of fused-ring (bicyclic) bond motifs is 1. The van der Waals surface area contributed by atoms with E-state index in [4.69, 9.17) is 9.29 Å². The van der Waals surface area contributed by atoms with Gasteiger partial charge in [0.15, 0.2) is 17.0 Å². The summed E-state index contributed by atoms with van der Waals surface area (Å²) in [4.78, 5) is 25.1. The highest BCUT2D eigenvalue weighted by molar-refractivity contribution is 7.77. The van der Waals surface area contributed by atoms with Crippen LogP contribution in [0.25, 0.3) is 11.2 Å². The molecule has 12 heteroatoms. The van der Waals surface area contributed by atoms with Crippen LogP contribution in [0.5, 0.6) is 0 Å². The Balaban J connectivity index is 1.51. The van der Waals surface area contributed by atoms with Crippen molar-refractivity contribution in [3.63, 3.8) is 0 Å². The molecule has 1 amide bonds. The summed E-state index contributed by atoms with van der Waals surface area (Å²) >= 11 is -1.93. The van der Waals surface area contributed by atoms with Crippen LogP contribution >= 0.6 is 0 Å². The van der Waals surface area contributed by atoms with Gasteiger partial charge in [0, 0.05) is 19.6 Å². The highest BCUT2D eigenvalue weighted by Crippen LogP contribution is 2.31. The number of hydrogen-bond donors (Lipinski definition) is 4. The van der Waals surface area contributed by atoms with Crippen molar-refractivity contribution >= 4 is 34.2 Å². The van der Waals surface area contributed by atoms with Gasteiger partial charge in [0.2, 0.25) is 17.2 Å². The lowest BCUT2D eigenvalue weighted by atomic mass is 10.2. The van der Waals surface area contributed by atoms with Crippen LogP contribution in [0.3, 0.4) is 0 Å². The fourth-order valence-corrected chi connectivity index (χ4v) is 3.79. The summed E-state index contributed by atoms with van der Waals surface area (Å²) in [5.74, 6) is 0.594. The van der Waals surface area contributed by atoms with E-state index in [1.54, 1.807) is 6.33 Å². The van der Waals surface area contributed by atoms with E-state index in [1.165, 1.54) is 6.33 Å². The third-order valence-corrected chi connectivity index (χ3v) is 5.38. The number of amides is 1. The Hall–Kier alpha value is -2.15. The lowest BCUT2D eigenvalue weighted by molar-refractivity contribution is -0.133. The topological polar surface area (TPSA) is 143 Å². The predicted octanol–water partition coefficient (Wildman–Crippen LogP) is 1.34. The van der Waals surface area contributed by atoms with Crippen LogP contribution in [0.2, 0.25) is 0 Å². The largest absolute Gasteiger partial charge is 0.368 e. The maximum Gasteiger partial charge on any atom is 0.249 e. The average Bonchev–Trinajstić information content (AvgIpc) is 3.37. The molecule has 11 nitrogen and oxygen atoms in total. The van der Waals surface area contributed by atoms with Crippen LogP contribution in [-0.4, -0.2) is 59.9 Å². The van der Waals surface area contributed by atoms with E-state index in [2.05, 4.69) is 30.3 Å². The van der Waals surface area contributed by atoms with E-state index in [9.17, 15) is 9.00 Å². The first-order valence-electron chi connectivity index (χ1n) is 10.3. The predicted molar refractivity (Wildman–Crippen MR) is 113 cm³/mol. The van der Waals surface area contributed by atoms with Crippen molar-refractivity contribution in [2.24, 2.45) is 0 Å². The van der Waals surface area contributed by atoms with Crippen LogP contribution in [-0.2, 0) is 20.8 Å². The highest BCUT2D eigenvalue weighted by atomic mass is 32.2. The number of ether oxygens (including phenoxy) is 1. The Labute approximate surface area is 177 Å². The second kappa shape index (κ2) is 11.3. The maximum atomic E-state index is 12.0. The number of nitrogens with zero attached hydrogens (tertiary/aromatic N) is 4. The number of likely N-dealkylation sites (N-methyl/N-ethyl adjacent to an activating group) is 1. The summed E-state index contributed by atoms with van der Waals surface area (Å²) in [6.45, 7) is 3.75. The molecule has 2 aromatic heterocycles. The van der Waals surface area contributed by atoms with E-state index >= 15 is 0 Å². The van der Waals surface area contributed by atoms with Gasteiger partial charge in [-0.15, -0.1) is 0 Å². The molecule has 1 fully saturated rings. The van der Waals surface area contributed by atoms with Crippen molar-refractivity contribution in [3.05, 3.63) is 12.7 Å². The molecule has 3 atom stereocenters. The molecule has 0 saturated carbocycles. The van der Waals surface area contributed by atoms with Crippen LogP contribution < -0.4 is 15.4 Å². The van der Waals surface area contributed by atoms with Gasteiger partial charge in [0.1, 0.15) is 18.7 Å². The van der Waals surface area contributed by atoms with E-state index in [1.807, 2.05) is 11.5 Å². The molecular weight excluding hydrogens is 410 g/mol. The zero-order valence-corrected chi connectivity index (χ0v) is 17.9. The molecule has 1 unspecified atom stereocenters. The van der Waals surface area contributed by atoms with Crippen LogP contribution in [0.15, 0.2) is 12.7 Å². The van der Waals surface area contributed by atoms with Gasteiger partial charge < -0.3 is 15.4 Å². The molecule has 4 N–H and O–H groups in total. The molecule has 3 heterocycles. The van der Waals surface area contributed by atoms with Crippen molar-refractivity contribution in [1.82, 2.24) is 29.6 Å². The number of aromatic nitrogens is 4. The molecule has 0 bridgehead atoms. The van der Waals surface area contributed by atoms with Crippen molar-refractivity contribution in [2.45, 2.75) is 57.8 Å². The lowest BCUT2D eigenvalue weighted by Crippen LogP contribution is -2.34. The summed E-state index contributed by atoms with van der Waals surface area (Å²) in [5.41, 5.74) is 1.36. The normalized spacial score (nSPS) is 19.8. The minimum Gasteiger partial charge on any atom is -0.368 e. The van der Waals surface area contributed by atoms with Crippen molar-refractivity contribution in [2.75, 3.05) is 25.0 Å². The first-order valence-corrected chi connectivity index (χ1v) is 11.4. The average molecular weight is 440 g/mol. The van der Waals surface area contributed by atoms with Gasteiger partial charge in [-0.2, -0.15) is 0 Å². The Morgan fingerprint density at radius 3 is 2.80 bits per heavy atom. The molecule has 2 aromatic rings. The first kappa shape index (κ1) is 22.5. The lowest BCUT2D eigenvalue weighted by Gasteiger charge is -2.15. The molecule has 166 valence electrons. The molecule has 30 heavy (non-hydrogen) atoms. The summed E-state index contributed by atoms with van der Waals surface area (Å²) in [6, 6.07) is 0. The number of carbonyl (C=O) groups excluding carboxylic acids is 1. The van der Waals surface area contributed by atoms with Gasteiger partial charge >= 0.3 is 0 Å². The number of carbonyl (C=O) groups is 1. The molecule has 0 aromatic carbocycles. The highest BCUT2D eigenvalue weighted by Gasteiger charge is 2.32. The van der Waals surface area contributed by atoms with Gasteiger partial charge in [-0.05, 0) is 32.6 Å². The number of nitrogens with one attached hydrogen (secondary N) is 3. The second-order valence-corrected chi connectivity index (χ2v) is 7.87. The molecule has 0 spiro atoms. The van der Waals surface area contributed by atoms with E-state index in [-0.39, 0.29) is 12.1 Å². The van der Waals surface area contributed by atoms with Gasteiger partial charge in [0.05, 0.1) is 6.33 Å². The molecular formula is C18H29N7O4S. The van der Waals surface area contributed by atoms with E-state index < -0.39 is 17.4 Å².